The molecular formula is C22H22ClN3O4. The summed E-state index contributed by atoms with van der Waals surface area (Å²) in [6, 6.07) is 7.37. The highest BCUT2D eigenvalue weighted by Gasteiger charge is 2.55. The summed E-state index contributed by atoms with van der Waals surface area (Å²) in [6.45, 7) is 2.15. The molecule has 3 N–H and O–H groups in total. The molecule has 1 aromatic carbocycles. The molecule has 156 valence electrons. The molecule has 30 heavy (non-hydrogen) atoms. The number of anilines is 1. The van der Waals surface area contributed by atoms with E-state index >= 15 is 0 Å². The Morgan fingerprint density at radius 3 is 2.73 bits per heavy atom. The Balaban J connectivity index is 1.48. The van der Waals surface area contributed by atoms with Crippen molar-refractivity contribution in [2.45, 2.75) is 6.42 Å². The SMILES string of the molecule is COc1nc(N2C[C@@H]3C(CCO)[C@@H]3C2)ccc1-c1cc2c(C(=O)O)c[nH]c2cc1Cl. The van der Waals surface area contributed by atoms with E-state index in [9.17, 15) is 9.90 Å². The van der Waals surface area contributed by atoms with Crippen molar-refractivity contribution >= 4 is 34.3 Å². The van der Waals surface area contributed by atoms with Crippen molar-refractivity contribution in [3.05, 3.63) is 41.0 Å². The Bertz CT molecular complexity index is 1130. The van der Waals surface area contributed by atoms with Gasteiger partial charge in [-0.25, -0.2) is 4.79 Å². The summed E-state index contributed by atoms with van der Waals surface area (Å²) in [4.78, 5) is 21.4. The number of piperidine rings is 1. The van der Waals surface area contributed by atoms with Gasteiger partial charge < -0.3 is 24.8 Å². The van der Waals surface area contributed by atoms with Crippen LogP contribution in [0.3, 0.4) is 0 Å². The number of carboxylic acids is 1. The molecule has 2 aromatic heterocycles. The van der Waals surface area contributed by atoms with Crippen LogP contribution in [-0.2, 0) is 0 Å². The number of halogens is 1. The molecule has 8 heteroatoms. The van der Waals surface area contributed by atoms with Gasteiger partial charge in [-0.3, -0.25) is 0 Å². The predicted octanol–water partition coefficient (Wildman–Crippen LogP) is 3.65. The quantitative estimate of drug-likeness (QED) is 0.555. The summed E-state index contributed by atoms with van der Waals surface area (Å²) < 4.78 is 5.57. The fraction of sp³-hybridized carbons (Fsp3) is 0.364. The van der Waals surface area contributed by atoms with E-state index in [1.54, 1.807) is 19.2 Å². The molecule has 1 aliphatic heterocycles. The molecule has 0 radical (unpaired) electrons. The van der Waals surface area contributed by atoms with Gasteiger partial charge in [0.2, 0.25) is 5.88 Å². The summed E-state index contributed by atoms with van der Waals surface area (Å²) >= 11 is 6.51. The van der Waals surface area contributed by atoms with Gasteiger partial charge in [-0.15, -0.1) is 0 Å². The van der Waals surface area contributed by atoms with Gasteiger partial charge in [0, 0.05) is 47.9 Å². The number of fused-ring (bicyclic) bond motifs is 2. The van der Waals surface area contributed by atoms with Crippen molar-refractivity contribution in [3.63, 3.8) is 0 Å². The number of carboxylic acid groups (broad SMARTS) is 1. The molecule has 5 rings (SSSR count). The number of benzene rings is 1. The topological polar surface area (TPSA) is 98.7 Å². The van der Waals surface area contributed by atoms with Crippen LogP contribution in [0.4, 0.5) is 5.82 Å². The first-order valence-electron chi connectivity index (χ1n) is 9.97. The van der Waals surface area contributed by atoms with Crippen LogP contribution in [0.1, 0.15) is 16.8 Å². The minimum atomic E-state index is -0.998. The first kappa shape index (κ1) is 19.2. The number of pyridine rings is 1. The van der Waals surface area contributed by atoms with Gasteiger partial charge in [0.25, 0.3) is 0 Å². The van der Waals surface area contributed by atoms with Crippen molar-refractivity contribution in [3.8, 4) is 17.0 Å². The summed E-state index contributed by atoms with van der Waals surface area (Å²) in [5, 5.41) is 19.7. The van der Waals surface area contributed by atoms with Gasteiger partial charge in [-0.05, 0) is 48.4 Å². The number of hydrogen-bond acceptors (Lipinski definition) is 5. The Morgan fingerprint density at radius 2 is 2.07 bits per heavy atom. The molecule has 0 amide bonds. The number of rotatable bonds is 6. The van der Waals surface area contributed by atoms with Crippen molar-refractivity contribution in [1.82, 2.24) is 9.97 Å². The predicted molar refractivity (Wildman–Crippen MR) is 114 cm³/mol. The maximum atomic E-state index is 11.5. The Kier molecular flexibility index (Phi) is 4.60. The van der Waals surface area contributed by atoms with E-state index in [1.807, 2.05) is 12.1 Å². The van der Waals surface area contributed by atoms with Crippen LogP contribution in [0.25, 0.3) is 22.0 Å². The first-order valence-corrected chi connectivity index (χ1v) is 10.3. The molecule has 7 nitrogen and oxygen atoms in total. The second-order valence-electron chi connectivity index (χ2n) is 8.02. The number of aliphatic hydroxyl groups is 1. The zero-order valence-corrected chi connectivity index (χ0v) is 17.2. The molecule has 1 saturated carbocycles. The van der Waals surface area contributed by atoms with Crippen LogP contribution in [0.15, 0.2) is 30.5 Å². The molecule has 0 bridgehead atoms. The van der Waals surface area contributed by atoms with Gasteiger partial charge in [0.05, 0.1) is 17.7 Å². The maximum Gasteiger partial charge on any atom is 0.337 e. The number of nitrogens with one attached hydrogen (secondary N) is 1. The largest absolute Gasteiger partial charge is 0.480 e. The molecule has 3 atom stereocenters. The number of methoxy groups -OCH3 is 1. The highest BCUT2D eigenvalue weighted by atomic mass is 35.5. The molecular weight excluding hydrogens is 406 g/mol. The fourth-order valence-electron chi connectivity index (χ4n) is 4.91. The summed E-state index contributed by atoms with van der Waals surface area (Å²) in [5.41, 5.74) is 2.25. The molecule has 0 spiro atoms. The zero-order valence-electron chi connectivity index (χ0n) is 16.4. The standard InChI is InChI=1S/C22H22ClN3O4/c1-30-21-12(13-6-14-15(22(28)29)8-24-19(14)7-18(13)23)2-3-20(25-21)26-9-16-11(4-5-27)17(16)10-26/h2-3,6-8,11,16-17,24,27H,4-5,9-10H2,1H3,(H,28,29)/t11?,16-,17+. The number of aromatic amines is 1. The molecule has 1 unspecified atom stereocenters. The second-order valence-corrected chi connectivity index (χ2v) is 8.43. The third-order valence-corrected chi connectivity index (χ3v) is 6.80. The minimum Gasteiger partial charge on any atom is -0.480 e. The summed E-state index contributed by atoms with van der Waals surface area (Å²) in [6.07, 6.45) is 2.35. The van der Waals surface area contributed by atoms with E-state index in [0.29, 0.717) is 50.7 Å². The number of aliphatic hydroxyl groups excluding tert-OH is 1. The summed E-state index contributed by atoms with van der Waals surface area (Å²) in [5.74, 6) is 2.24. The zero-order chi connectivity index (χ0) is 21.0. The summed E-state index contributed by atoms with van der Waals surface area (Å²) in [7, 11) is 1.57. The number of nitrogens with zero attached hydrogens (tertiary/aromatic N) is 2. The number of aromatic nitrogens is 2. The number of H-pyrrole nitrogens is 1. The maximum absolute atomic E-state index is 11.5. The Labute approximate surface area is 178 Å². The molecule has 3 aromatic rings. The van der Waals surface area contributed by atoms with Gasteiger partial charge in [-0.1, -0.05) is 11.6 Å². The van der Waals surface area contributed by atoms with Crippen LogP contribution in [0, 0.1) is 17.8 Å². The average Bonchev–Trinajstić information content (AvgIpc) is 3.10. The van der Waals surface area contributed by atoms with Gasteiger partial charge >= 0.3 is 5.97 Å². The lowest BCUT2D eigenvalue weighted by molar-refractivity contribution is 0.0699. The van der Waals surface area contributed by atoms with E-state index in [4.69, 9.17) is 26.4 Å². The third kappa shape index (κ3) is 3.00. The molecule has 1 saturated heterocycles. The number of aromatic carboxylic acids is 1. The highest BCUT2D eigenvalue weighted by Crippen LogP contribution is 2.54. The van der Waals surface area contributed by atoms with Gasteiger partial charge in [0.1, 0.15) is 5.82 Å². The van der Waals surface area contributed by atoms with Crippen molar-refractivity contribution in [1.29, 1.82) is 0 Å². The van der Waals surface area contributed by atoms with Crippen LogP contribution in [0.2, 0.25) is 5.02 Å². The van der Waals surface area contributed by atoms with Crippen molar-refractivity contribution in [2.24, 2.45) is 17.8 Å². The fourth-order valence-corrected chi connectivity index (χ4v) is 5.17. The number of hydrogen-bond donors (Lipinski definition) is 3. The molecule has 3 heterocycles. The van der Waals surface area contributed by atoms with E-state index in [2.05, 4.69) is 9.88 Å². The monoisotopic (exact) mass is 427 g/mol. The normalized spacial score (nSPS) is 22.4. The van der Waals surface area contributed by atoms with Crippen molar-refractivity contribution < 1.29 is 19.7 Å². The lowest BCUT2D eigenvalue weighted by atomic mass is 10.0. The minimum absolute atomic E-state index is 0.195. The highest BCUT2D eigenvalue weighted by molar-refractivity contribution is 6.34. The van der Waals surface area contributed by atoms with E-state index in [-0.39, 0.29) is 12.2 Å². The third-order valence-electron chi connectivity index (χ3n) is 6.49. The number of ether oxygens (including phenoxy) is 1. The van der Waals surface area contributed by atoms with E-state index in [0.717, 1.165) is 25.3 Å². The Morgan fingerprint density at radius 1 is 1.30 bits per heavy atom. The first-order chi connectivity index (χ1) is 14.5. The average molecular weight is 428 g/mol. The lowest BCUT2D eigenvalue weighted by Gasteiger charge is -2.22. The van der Waals surface area contributed by atoms with Crippen LogP contribution >= 0.6 is 11.6 Å². The second kappa shape index (κ2) is 7.18. The number of carbonyl (C=O) groups is 1. The smallest absolute Gasteiger partial charge is 0.337 e. The van der Waals surface area contributed by atoms with Crippen molar-refractivity contribution in [2.75, 3.05) is 31.7 Å². The van der Waals surface area contributed by atoms with Gasteiger partial charge in [-0.2, -0.15) is 4.98 Å². The lowest BCUT2D eigenvalue weighted by Crippen LogP contribution is -2.25. The Hall–Kier alpha value is -2.77. The molecule has 1 aliphatic carbocycles. The van der Waals surface area contributed by atoms with E-state index < -0.39 is 5.97 Å². The molecule has 2 aliphatic rings. The van der Waals surface area contributed by atoms with Crippen LogP contribution in [0.5, 0.6) is 5.88 Å². The van der Waals surface area contributed by atoms with Gasteiger partial charge in [0.15, 0.2) is 0 Å². The molecule has 2 fully saturated rings. The van der Waals surface area contributed by atoms with E-state index in [1.165, 1.54) is 6.20 Å². The van der Waals surface area contributed by atoms with Crippen LogP contribution < -0.4 is 9.64 Å². The van der Waals surface area contributed by atoms with Crippen LogP contribution in [-0.4, -0.2) is 53.0 Å².